The Kier molecular flexibility index (Phi) is 2.55. The molecule has 0 saturated heterocycles. The molecule has 0 spiro atoms. The number of hydrogen-bond donors (Lipinski definition) is 0. The van der Waals surface area contributed by atoms with Gasteiger partial charge in [0, 0.05) is 10.6 Å². The summed E-state index contributed by atoms with van der Waals surface area (Å²) in [6.07, 6.45) is 0. The average Bonchev–Trinajstić information content (AvgIpc) is 2.18. The summed E-state index contributed by atoms with van der Waals surface area (Å²) in [6.45, 7) is 3.89. The zero-order valence-corrected chi connectivity index (χ0v) is 8.46. The highest BCUT2D eigenvalue weighted by molar-refractivity contribution is 6.33. The maximum Gasteiger partial charge on any atom is 0.0484 e. The van der Waals surface area contributed by atoms with Crippen LogP contribution in [-0.2, 0) is 0 Å². The molecule has 1 radical (unpaired) electrons. The van der Waals surface area contributed by atoms with Gasteiger partial charge in [-0.25, -0.2) is 0 Å². The van der Waals surface area contributed by atoms with Crippen LogP contribution in [0.3, 0.4) is 0 Å². The molecule has 0 N–H and O–H groups in total. The molecule has 69 valence electrons. The summed E-state index contributed by atoms with van der Waals surface area (Å²) < 4.78 is 0. The summed E-state index contributed by atoms with van der Waals surface area (Å²) >= 11 is 6.09. The molecule has 2 aromatic rings. The number of hydrogen-bond acceptors (Lipinski definition) is 0. The van der Waals surface area contributed by atoms with Gasteiger partial charge in [-0.15, -0.1) is 0 Å². The van der Waals surface area contributed by atoms with Crippen molar-refractivity contribution in [3.05, 3.63) is 66.0 Å². The second kappa shape index (κ2) is 3.85. The van der Waals surface area contributed by atoms with E-state index in [0.29, 0.717) is 0 Å². The molecule has 14 heavy (non-hydrogen) atoms. The lowest BCUT2D eigenvalue weighted by Gasteiger charge is -2.04. The van der Waals surface area contributed by atoms with Crippen LogP contribution in [0.15, 0.2) is 48.5 Å². The van der Waals surface area contributed by atoms with E-state index in [0.717, 1.165) is 21.7 Å². The number of halogens is 1. The van der Waals surface area contributed by atoms with Crippen LogP contribution in [-0.4, -0.2) is 0 Å². The molecule has 0 aliphatic rings. The smallest absolute Gasteiger partial charge is 0.0484 e. The monoisotopic (exact) mass is 201 g/mol. The molecule has 0 amide bonds. The summed E-state index contributed by atoms with van der Waals surface area (Å²) in [4.78, 5) is 0. The van der Waals surface area contributed by atoms with Crippen LogP contribution in [0, 0.1) is 6.92 Å². The highest BCUT2D eigenvalue weighted by Gasteiger charge is 2.01. The van der Waals surface area contributed by atoms with Crippen LogP contribution in [0.2, 0.25) is 5.02 Å². The van der Waals surface area contributed by atoms with Gasteiger partial charge in [-0.3, -0.25) is 0 Å². The minimum Gasteiger partial charge on any atom is -0.0837 e. The van der Waals surface area contributed by atoms with Crippen molar-refractivity contribution >= 4 is 11.6 Å². The summed E-state index contributed by atoms with van der Waals surface area (Å²) in [7, 11) is 0. The van der Waals surface area contributed by atoms with E-state index in [1.165, 1.54) is 0 Å². The Balaban J connectivity index is 2.55. The molecule has 0 aliphatic carbocycles. The van der Waals surface area contributed by atoms with Crippen molar-refractivity contribution in [2.24, 2.45) is 0 Å². The Bertz CT molecular complexity index is 446. The van der Waals surface area contributed by atoms with Crippen LogP contribution < -0.4 is 0 Å². The normalized spacial score (nSPS) is 10.1. The lowest BCUT2D eigenvalue weighted by Crippen LogP contribution is -1.79. The fraction of sp³-hybridized carbons (Fsp3) is 0. The van der Waals surface area contributed by atoms with Crippen molar-refractivity contribution in [3.8, 4) is 11.1 Å². The Labute approximate surface area is 89.2 Å². The first-order chi connectivity index (χ1) is 6.77. The Morgan fingerprint density at radius 1 is 0.929 bits per heavy atom. The minimum absolute atomic E-state index is 0.776. The van der Waals surface area contributed by atoms with Gasteiger partial charge in [0.15, 0.2) is 0 Å². The highest BCUT2D eigenvalue weighted by atomic mass is 35.5. The molecule has 0 fully saturated rings. The van der Waals surface area contributed by atoms with Crippen LogP contribution >= 0.6 is 11.6 Å². The molecule has 0 nitrogen and oxygen atoms in total. The standard InChI is InChI=1S/C13H10Cl/c1-10-5-4-6-11(9-10)12-7-2-3-8-13(12)14/h2-9H,1H2. The largest absolute Gasteiger partial charge is 0.0837 e. The van der Waals surface area contributed by atoms with Crippen LogP contribution in [0.5, 0.6) is 0 Å². The van der Waals surface area contributed by atoms with E-state index in [-0.39, 0.29) is 0 Å². The fourth-order valence-corrected chi connectivity index (χ4v) is 1.68. The van der Waals surface area contributed by atoms with Crippen molar-refractivity contribution in [3.63, 3.8) is 0 Å². The third-order valence-corrected chi connectivity index (χ3v) is 2.44. The number of rotatable bonds is 1. The Morgan fingerprint density at radius 3 is 2.43 bits per heavy atom. The fourth-order valence-electron chi connectivity index (χ4n) is 1.43. The molecule has 0 bridgehead atoms. The zero-order chi connectivity index (χ0) is 9.97. The first kappa shape index (κ1) is 9.29. The third kappa shape index (κ3) is 1.80. The van der Waals surface area contributed by atoms with Gasteiger partial charge in [-0.2, -0.15) is 0 Å². The van der Waals surface area contributed by atoms with Crippen molar-refractivity contribution < 1.29 is 0 Å². The molecule has 0 heterocycles. The summed E-state index contributed by atoms with van der Waals surface area (Å²) in [5, 5.41) is 0.776. The Morgan fingerprint density at radius 2 is 1.71 bits per heavy atom. The first-order valence-electron chi connectivity index (χ1n) is 4.44. The molecule has 2 rings (SSSR count). The molecule has 1 heteroatoms. The first-order valence-corrected chi connectivity index (χ1v) is 4.82. The van der Waals surface area contributed by atoms with E-state index in [1.54, 1.807) is 0 Å². The SMILES string of the molecule is [CH2]c1cccc(-c2ccccc2Cl)c1. The van der Waals surface area contributed by atoms with E-state index < -0.39 is 0 Å². The van der Waals surface area contributed by atoms with Gasteiger partial charge in [0.05, 0.1) is 0 Å². The van der Waals surface area contributed by atoms with Crippen molar-refractivity contribution in [1.29, 1.82) is 0 Å². The van der Waals surface area contributed by atoms with Crippen LogP contribution in [0.25, 0.3) is 11.1 Å². The van der Waals surface area contributed by atoms with Gasteiger partial charge in [0.2, 0.25) is 0 Å². The van der Waals surface area contributed by atoms with Gasteiger partial charge >= 0.3 is 0 Å². The van der Waals surface area contributed by atoms with Crippen molar-refractivity contribution in [2.45, 2.75) is 0 Å². The molecule has 0 unspecified atom stereocenters. The van der Waals surface area contributed by atoms with E-state index in [1.807, 2.05) is 48.5 Å². The summed E-state index contributed by atoms with van der Waals surface area (Å²) in [5.41, 5.74) is 3.17. The molecular formula is C13H10Cl. The summed E-state index contributed by atoms with van der Waals surface area (Å²) in [6, 6.07) is 15.8. The zero-order valence-electron chi connectivity index (χ0n) is 7.70. The second-order valence-electron chi connectivity index (χ2n) is 3.18. The van der Waals surface area contributed by atoms with E-state index in [4.69, 9.17) is 11.6 Å². The van der Waals surface area contributed by atoms with E-state index in [9.17, 15) is 0 Å². The Hall–Kier alpha value is -1.27. The minimum atomic E-state index is 0.776. The van der Waals surface area contributed by atoms with Gasteiger partial charge in [-0.1, -0.05) is 54.1 Å². The molecule has 0 aliphatic heterocycles. The lowest BCUT2D eigenvalue weighted by molar-refractivity contribution is 1.57. The average molecular weight is 202 g/mol. The van der Waals surface area contributed by atoms with E-state index in [2.05, 4.69) is 6.92 Å². The van der Waals surface area contributed by atoms with Gasteiger partial charge in [0.1, 0.15) is 0 Å². The topological polar surface area (TPSA) is 0 Å². The van der Waals surface area contributed by atoms with Gasteiger partial charge < -0.3 is 0 Å². The maximum atomic E-state index is 6.09. The molecule has 0 aromatic heterocycles. The van der Waals surface area contributed by atoms with Gasteiger partial charge in [-0.05, 0) is 24.1 Å². The molecular weight excluding hydrogens is 192 g/mol. The van der Waals surface area contributed by atoms with Crippen molar-refractivity contribution in [2.75, 3.05) is 0 Å². The molecule has 2 aromatic carbocycles. The highest BCUT2D eigenvalue weighted by Crippen LogP contribution is 2.27. The van der Waals surface area contributed by atoms with Crippen molar-refractivity contribution in [1.82, 2.24) is 0 Å². The molecule has 0 saturated carbocycles. The maximum absolute atomic E-state index is 6.09. The van der Waals surface area contributed by atoms with Crippen LogP contribution in [0.1, 0.15) is 5.56 Å². The second-order valence-corrected chi connectivity index (χ2v) is 3.59. The third-order valence-electron chi connectivity index (χ3n) is 2.11. The lowest BCUT2D eigenvalue weighted by atomic mass is 10.0. The number of benzene rings is 2. The van der Waals surface area contributed by atoms with E-state index >= 15 is 0 Å². The predicted octanol–water partition coefficient (Wildman–Crippen LogP) is 4.19. The van der Waals surface area contributed by atoms with Gasteiger partial charge in [0.25, 0.3) is 0 Å². The molecule has 0 atom stereocenters. The predicted molar refractivity (Wildman–Crippen MR) is 61.3 cm³/mol. The quantitative estimate of drug-likeness (QED) is 0.649. The summed E-state index contributed by atoms with van der Waals surface area (Å²) in [5.74, 6) is 0. The van der Waals surface area contributed by atoms with Crippen LogP contribution in [0.4, 0.5) is 0 Å².